The van der Waals surface area contributed by atoms with Gasteiger partial charge in [-0.1, -0.05) is 18.2 Å². The largest absolute Gasteiger partial charge is 0.490 e. The highest BCUT2D eigenvalue weighted by molar-refractivity contribution is 5.97. The fraction of sp³-hybridized carbons (Fsp3) is 0.292. The monoisotopic (exact) mass is 435 g/mol. The lowest BCUT2D eigenvalue weighted by atomic mass is 10.1. The molecule has 8 heteroatoms. The number of benzene rings is 2. The van der Waals surface area contributed by atoms with Gasteiger partial charge in [0.1, 0.15) is 29.6 Å². The van der Waals surface area contributed by atoms with E-state index in [9.17, 15) is 9.50 Å². The second-order valence-electron chi connectivity index (χ2n) is 7.64. The number of rotatable bonds is 6. The number of nitrogens with zero attached hydrogens (tertiary/aromatic N) is 3. The molecular weight excluding hydrogens is 409 g/mol. The first-order chi connectivity index (χ1) is 15.5. The van der Waals surface area contributed by atoms with Gasteiger partial charge in [0.15, 0.2) is 11.6 Å². The molecule has 2 heterocycles. The van der Waals surface area contributed by atoms with Crippen molar-refractivity contribution >= 4 is 22.6 Å². The van der Waals surface area contributed by atoms with Crippen LogP contribution < -0.4 is 15.8 Å². The SMILES string of the molecule is C/C=C/C(N)=Nc1nc(C(O)c2ccc(F)cc2)nc2cc(OC3CCNCC3)ccc12. The van der Waals surface area contributed by atoms with Gasteiger partial charge in [-0.3, -0.25) is 0 Å². The lowest BCUT2D eigenvalue weighted by molar-refractivity contribution is 0.162. The van der Waals surface area contributed by atoms with E-state index in [-0.39, 0.29) is 23.6 Å². The summed E-state index contributed by atoms with van der Waals surface area (Å²) >= 11 is 0. The zero-order chi connectivity index (χ0) is 22.5. The van der Waals surface area contributed by atoms with E-state index in [4.69, 9.17) is 10.5 Å². The molecule has 1 fully saturated rings. The van der Waals surface area contributed by atoms with Crippen molar-refractivity contribution in [2.24, 2.45) is 10.7 Å². The second kappa shape index (κ2) is 9.84. The molecular formula is C24H26FN5O2. The zero-order valence-corrected chi connectivity index (χ0v) is 17.8. The molecule has 1 aromatic heterocycles. The third-order valence-electron chi connectivity index (χ3n) is 5.26. The molecule has 0 aliphatic carbocycles. The van der Waals surface area contributed by atoms with E-state index in [0.717, 1.165) is 25.9 Å². The number of nitrogens with two attached hydrogens (primary N) is 1. The van der Waals surface area contributed by atoms with Crippen LogP contribution in [-0.4, -0.2) is 40.1 Å². The highest BCUT2D eigenvalue weighted by Crippen LogP contribution is 2.30. The molecule has 1 saturated heterocycles. The topological polar surface area (TPSA) is 106 Å². The highest BCUT2D eigenvalue weighted by atomic mass is 19.1. The normalized spacial score (nSPS) is 16.5. The number of aliphatic imine (C=N–C) groups is 1. The van der Waals surface area contributed by atoms with Gasteiger partial charge in [-0.2, -0.15) is 0 Å². The smallest absolute Gasteiger partial charge is 0.165 e. The fourth-order valence-corrected chi connectivity index (χ4v) is 3.62. The molecule has 3 aromatic rings. The first-order valence-electron chi connectivity index (χ1n) is 10.6. The van der Waals surface area contributed by atoms with E-state index >= 15 is 0 Å². The van der Waals surface area contributed by atoms with Crippen LogP contribution in [0.25, 0.3) is 10.9 Å². The van der Waals surface area contributed by atoms with E-state index < -0.39 is 6.10 Å². The minimum absolute atomic E-state index is 0.141. The number of hydrogen-bond donors (Lipinski definition) is 3. The van der Waals surface area contributed by atoms with Crippen LogP contribution in [0.5, 0.6) is 5.75 Å². The van der Waals surface area contributed by atoms with Crippen LogP contribution in [0.1, 0.15) is 37.3 Å². The first-order valence-corrected chi connectivity index (χ1v) is 10.6. The number of fused-ring (bicyclic) bond motifs is 1. The van der Waals surface area contributed by atoms with Crippen LogP contribution in [0, 0.1) is 5.82 Å². The van der Waals surface area contributed by atoms with Gasteiger partial charge in [0.25, 0.3) is 0 Å². The number of piperidine rings is 1. The molecule has 0 amide bonds. The van der Waals surface area contributed by atoms with Crippen LogP contribution in [-0.2, 0) is 0 Å². The summed E-state index contributed by atoms with van der Waals surface area (Å²) in [5.74, 6) is 1.08. The summed E-state index contributed by atoms with van der Waals surface area (Å²) in [7, 11) is 0. The summed E-state index contributed by atoms with van der Waals surface area (Å²) in [5.41, 5.74) is 7.04. The minimum atomic E-state index is -1.15. The standard InChI is InChI=1S/C24H26FN5O2/c1-2-3-21(26)29-23-19-9-8-18(32-17-10-12-27-13-11-17)14-20(19)28-24(30-23)22(31)15-4-6-16(25)7-5-15/h2-9,14,17,22,27,31H,10-13H2,1H3,(H2,26,28,29,30)/b3-2+. The van der Waals surface area contributed by atoms with Crippen molar-refractivity contribution in [3.8, 4) is 5.75 Å². The number of aromatic nitrogens is 2. The van der Waals surface area contributed by atoms with E-state index in [0.29, 0.717) is 28.0 Å². The van der Waals surface area contributed by atoms with Crippen LogP contribution in [0.15, 0.2) is 59.6 Å². The molecule has 1 aliphatic heterocycles. The van der Waals surface area contributed by atoms with Gasteiger partial charge in [0.05, 0.1) is 5.52 Å². The number of aliphatic hydroxyl groups is 1. The van der Waals surface area contributed by atoms with Crippen molar-refractivity contribution in [3.63, 3.8) is 0 Å². The predicted octanol–water partition coefficient (Wildman–Crippen LogP) is 3.55. The first kappa shape index (κ1) is 21.9. The van der Waals surface area contributed by atoms with E-state index in [1.165, 1.54) is 24.3 Å². The van der Waals surface area contributed by atoms with Crippen molar-refractivity contribution in [1.82, 2.24) is 15.3 Å². The summed E-state index contributed by atoms with van der Waals surface area (Å²) < 4.78 is 19.5. The quantitative estimate of drug-likeness (QED) is 0.404. The maximum atomic E-state index is 13.3. The molecule has 1 unspecified atom stereocenters. The lowest BCUT2D eigenvalue weighted by Gasteiger charge is -2.24. The summed E-state index contributed by atoms with van der Waals surface area (Å²) in [6.07, 6.45) is 4.31. The summed E-state index contributed by atoms with van der Waals surface area (Å²) in [4.78, 5) is 13.4. The Bertz CT molecular complexity index is 1140. The molecule has 166 valence electrons. The zero-order valence-electron chi connectivity index (χ0n) is 17.8. The van der Waals surface area contributed by atoms with Gasteiger partial charge in [-0.25, -0.2) is 19.4 Å². The number of aliphatic hydroxyl groups excluding tert-OH is 1. The molecule has 0 saturated carbocycles. The van der Waals surface area contributed by atoms with Crippen LogP contribution in [0.3, 0.4) is 0 Å². The van der Waals surface area contributed by atoms with Crippen molar-refractivity contribution < 1.29 is 14.2 Å². The number of ether oxygens (including phenoxy) is 1. The Morgan fingerprint density at radius 2 is 1.97 bits per heavy atom. The Labute approximate surface area is 185 Å². The summed E-state index contributed by atoms with van der Waals surface area (Å²) in [5, 5.41) is 14.9. The number of amidine groups is 1. The molecule has 0 radical (unpaired) electrons. The van der Waals surface area contributed by atoms with Crippen molar-refractivity contribution in [1.29, 1.82) is 0 Å². The average Bonchev–Trinajstić information content (AvgIpc) is 2.79. The predicted molar refractivity (Wildman–Crippen MR) is 123 cm³/mol. The number of nitrogens with one attached hydrogen (secondary N) is 1. The number of halogens is 1. The van der Waals surface area contributed by atoms with Gasteiger partial charge in [0, 0.05) is 11.5 Å². The van der Waals surface area contributed by atoms with E-state index in [1.807, 2.05) is 25.1 Å². The maximum Gasteiger partial charge on any atom is 0.165 e. The highest BCUT2D eigenvalue weighted by Gasteiger charge is 2.19. The summed E-state index contributed by atoms with van der Waals surface area (Å²) in [6.45, 7) is 3.70. The Kier molecular flexibility index (Phi) is 6.72. The Morgan fingerprint density at radius 1 is 1.22 bits per heavy atom. The molecule has 7 nitrogen and oxygen atoms in total. The molecule has 1 atom stereocenters. The third-order valence-corrected chi connectivity index (χ3v) is 5.26. The Hall–Kier alpha value is -3.36. The van der Waals surface area contributed by atoms with Crippen molar-refractivity contribution in [3.05, 3.63) is 71.8 Å². The molecule has 4 rings (SSSR count). The summed E-state index contributed by atoms with van der Waals surface area (Å²) in [6, 6.07) is 11.1. The van der Waals surface area contributed by atoms with Crippen molar-refractivity contribution in [2.45, 2.75) is 32.0 Å². The molecule has 0 bridgehead atoms. The lowest BCUT2D eigenvalue weighted by Crippen LogP contribution is -2.34. The van der Waals surface area contributed by atoms with Crippen LogP contribution in [0.4, 0.5) is 10.2 Å². The second-order valence-corrected chi connectivity index (χ2v) is 7.64. The number of hydrogen-bond acceptors (Lipinski definition) is 6. The van der Waals surface area contributed by atoms with Crippen LogP contribution in [0.2, 0.25) is 0 Å². The van der Waals surface area contributed by atoms with E-state index in [2.05, 4.69) is 20.3 Å². The van der Waals surface area contributed by atoms with E-state index in [1.54, 1.807) is 12.2 Å². The molecule has 4 N–H and O–H groups in total. The number of allylic oxidation sites excluding steroid dienone is 1. The van der Waals surface area contributed by atoms with Gasteiger partial charge in [-0.05, 0) is 68.8 Å². The Morgan fingerprint density at radius 3 is 2.69 bits per heavy atom. The third kappa shape index (κ3) is 5.09. The minimum Gasteiger partial charge on any atom is -0.490 e. The van der Waals surface area contributed by atoms with Gasteiger partial charge in [0.2, 0.25) is 0 Å². The van der Waals surface area contributed by atoms with Gasteiger partial charge in [-0.15, -0.1) is 0 Å². The maximum absolute atomic E-state index is 13.3. The van der Waals surface area contributed by atoms with Gasteiger partial charge < -0.3 is 20.9 Å². The molecule has 1 aliphatic rings. The fourth-order valence-electron chi connectivity index (χ4n) is 3.62. The van der Waals surface area contributed by atoms with Gasteiger partial charge >= 0.3 is 0 Å². The van der Waals surface area contributed by atoms with Crippen molar-refractivity contribution in [2.75, 3.05) is 13.1 Å². The van der Waals surface area contributed by atoms with Crippen LogP contribution >= 0.6 is 0 Å². The molecule has 32 heavy (non-hydrogen) atoms. The Balaban J connectivity index is 1.76. The average molecular weight is 436 g/mol. The molecule has 0 spiro atoms. The molecule has 2 aromatic carbocycles.